The molecule has 0 aromatic heterocycles. The Bertz CT molecular complexity index is 244. The first-order valence-electron chi connectivity index (χ1n) is 5.34. The van der Waals surface area contributed by atoms with Gasteiger partial charge in [-0.2, -0.15) is 0 Å². The van der Waals surface area contributed by atoms with Crippen LogP contribution >= 0.6 is 23.5 Å². The van der Waals surface area contributed by atoms with Crippen molar-refractivity contribution in [3.63, 3.8) is 0 Å². The minimum Gasteiger partial charge on any atom is -0.315 e. The van der Waals surface area contributed by atoms with Gasteiger partial charge in [-0.15, -0.1) is 0 Å². The molecule has 0 aromatic carbocycles. The Kier molecular flexibility index (Phi) is 4.11. The first-order valence-corrected chi connectivity index (χ1v) is 7.09. The highest BCUT2D eigenvalue weighted by atomic mass is 32.2. The maximum Gasteiger partial charge on any atom is 0.189 e. The highest BCUT2D eigenvalue weighted by molar-refractivity contribution is 8.14. The molecule has 84 valence electrons. The Morgan fingerprint density at radius 2 is 1.47 bits per heavy atom. The number of hydrogen-bond acceptors (Lipinski definition) is 5. The highest BCUT2D eigenvalue weighted by Gasteiger charge is 2.25. The molecule has 2 heterocycles. The molecule has 2 saturated heterocycles. The lowest BCUT2D eigenvalue weighted by molar-refractivity contribution is -0.111. The van der Waals surface area contributed by atoms with E-state index < -0.39 is 0 Å². The molecule has 2 atom stereocenters. The van der Waals surface area contributed by atoms with E-state index >= 15 is 0 Å². The van der Waals surface area contributed by atoms with E-state index in [4.69, 9.17) is 0 Å². The summed E-state index contributed by atoms with van der Waals surface area (Å²) < 4.78 is 0. The average Bonchev–Trinajstić information content (AvgIpc) is 2.76. The average molecular weight is 245 g/mol. The van der Waals surface area contributed by atoms with Gasteiger partial charge in [0.1, 0.15) is 0 Å². The van der Waals surface area contributed by atoms with Gasteiger partial charge < -0.3 is 5.32 Å². The highest BCUT2D eigenvalue weighted by Crippen LogP contribution is 2.29. The van der Waals surface area contributed by atoms with E-state index in [-0.39, 0.29) is 0 Å². The van der Waals surface area contributed by atoms with Gasteiger partial charge in [0.2, 0.25) is 0 Å². The third-order valence-corrected chi connectivity index (χ3v) is 5.09. The minimum absolute atomic E-state index is 0.326. The number of carbonyl (C=O) groups excluding carboxylic acids is 2. The Balaban J connectivity index is 1.59. The second kappa shape index (κ2) is 5.37. The molecule has 2 rings (SSSR count). The maximum atomic E-state index is 11.0. The molecule has 3 nitrogen and oxygen atoms in total. The van der Waals surface area contributed by atoms with Crippen molar-refractivity contribution in [2.45, 2.75) is 36.2 Å². The molecule has 15 heavy (non-hydrogen) atoms. The van der Waals surface area contributed by atoms with Crippen LogP contribution in [0.5, 0.6) is 0 Å². The zero-order valence-electron chi connectivity index (χ0n) is 8.53. The van der Waals surface area contributed by atoms with Gasteiger partial charge in [-0.25, -0.2) is 0 Å². The molecule has 0 aromatic rings. The van der Waals surface area contributed by atoms with Gasteiger partial charge in [0.15, 0.2) is 10.2 Å². The molecule has 0 aliphatic carbocycles. The summed E-state index contributed by atoms with van der Waals surface area (Å²) in [6, 6.07) is 0. The monoisotopic (exact) mass is 245 g/mol. The zero-order valence-corrected chi connectivity index (χ0v) is 10.2. The third kappa shape index (κ3) is 3.50. The summed E-state index contributed by atoms with van der Waals surface area (Å²) in [6.45, 7) is 1.81. The number of hydrogen-bond donors (Lipinski definition) is 1. The molecule has 5 heteroatoms. The van der Waals surface area contributed by atoms with Crippen LogP contribution in [0.25, 0.3) is 0 Å². The molecule has 2 unspecified atom stereocenters. The fourth-order valence-electron chi connectivity index (χ4n) is 1.86. The van der Waals surface area contributed by atoms with E-state index in [1.165, 1.54) is 23.5 Å². The van der Waals surface area contributed by atoms with Gasteiger partial charge in [-0.1, -0.05) is 23.5 Å². The topological polar surface area (TPSA) is 46.2 Å². The van der Waals surface area contributed by atoms with E-state index in [1.807, 2.05) is 0 Å². The Morgan fingerprint density at radius 3 is 1.80 bits per heavy atom. The van der Waals surface area contributed by atoms with Crippen molar-refractivity contribution < 1.29 is 9.59 Å². The predicted molar refractivity (Wildman–Crippen MR) is 64.1 cm³/mol. The van der Waals surface area contributed by atoms with Crippen molar-refractivity contribution in [3.8, 4) is 0 Å². The molecule has 0 saturated carbocycles. The number of nitrogens with one attached hydrogen (secondary N) is 1. The van der Waals surface area contributed by atoms with Gasteiger partial charge in [0, 0.05) is 36.4 Å². The first-order chi connectivity index (χ1) is 7.24. The first kappa shape index (κ1) is 11.5. The molecule has 0 radical (unpaired) electrons. The Hall–Kier alpha value is 0. The summed E-state index contributed by atoms with van der Waals surface area (Å²) in [4.78, 5) is 22.0. The van der Waals surface area contributed by atoms with Crippen LogP contribution in [0.15, 0.2) is 0 Å². The number of rotatable bonds is 4. The SMILES string of the molecule is O=C1CCC(CNCC2CCC(=O)S2)S1. The Morgan fingerprint density at radius 1 is 1.00 bits per heavy atom. The van der Waals surface area contributed by atoms with Crippen molar-refractivity contribution in [3.05, 3.63) is 0 Å². The number of thioether (sulfide) groups is 2. The quantitative estimate of drug-likeness (QED) is 0.811. The van der Waals surface area contributed by atoms with Crippen molar-refractivity contribution in [1.29, 1.82) is 0 Å². The fraction of sp³-hybridized carbons (Fsp3) is 0.800. The lowest BCUT2D eigenvalue weighted by Gasteiger charge is -2.11. The van der Waals surface area contributed by atoms with E-state index in [0.717, 1.165) is 38.8 Å². The molecule has 1 N–H and O–H groups in total. The van der Waals surface area contributed by atoms with Crippen LogP contribution in [-0.4, -0.2) is 33.8 Å². The van der Waals surface area contributed by atoms with Gasteiger partial charge in [-0.3, -0.25) is 9.59 Å². The van der Waals surface area contributed by atoms with Crippen molar-refractivity contribution >= 4 is 33.8 Å². The van der Waals surface area contributed by atoms with E-state index in [9.17, 15) is 9.59 Å². The fourth-order valence-corrected chi connectivity index (χ4v) is 3.95. The molecular weight excluding hydrogens is 230 g/mol. The molecular formula is C10H15NO2S2. The van der Waals surface area contributed by atoms with Crippen LogP contribution in [0.3, 0.4) is 0 Å². The van der Waals surface area contributed by atoms with Crippen LogP contribution < -0.4 is 5.32 Å². The standard InChI is InChI=1S/C10H15NO2S2/c12-9-3-1-7(14-9)5-11-6-8-2-4-10(13)15-8/h7-8,11H,1-6H2. The molecule has 0 amide bonds. The smallest absolute Gasteiger partial charge is 0.189 e. The summed E-state index contributed by atoms with van der Waals surface area (Å²) in [5, 5.41) is 4.93. The van der Waals surface area contributed by atoms with E-state index in [2.05, 4.69) is 5.32 Å². The van der Waals surface area contributed by atoms with Gasteiger partial charge in [0.25, 0.3) is 0 Å². The summed E-state index contributed by atoms with van der Waals surface area (Å²) in [7, 11) is 0. The maximum absolute atomic E-state index is 11.0. The van der Waals surface area contributed by atoms with Crippen LogP contribution in [0.4, 0.5) is 0 Å². The summed E-state index contributed by atoms with van der Waals surface area (Å²) in [5.74, 6) is 0. The van der Waals surface area contributed by atoms with Gasteiger partial charge in [0.05, 0.1) is 0 Å². The molecule has 2 aliphatic rings. The van der Waals surface area contributed by atoms with Crippen molar-refractivity contribution in [2.75, 3.05) is 13.1 Å². The summed E-state index contributed by atoms with van der Waals surface area (Å²) in [6.07, 6.45) is 3.47. The summed E-state index contributed by atoms with van der Waals surface area (Å²) in [5.41, 5.74) is 0. The van der Waals surface area contributed by atoms with Crippen LogP contribution in [0.2, 0.25) is 0 Å². The van der Waals surface area contributed by atoms with Gasteiger partial charge >= 0.3 is 0 Å². The predicted octanol–water partition coefficient (Wildman–Crippen LogP) is 1.42. The zero-order chi connectivity index (χ0) is 10.7. The molecule has 2 aliphatic heterocycles. The number of carbonyl (C=O) groups is 2. The summed E-state index contributed by atoms with van der Waals surface area (Å²) >= 11 is 2.95. The molecule has 0 bridgehead atoms. The Labute approximate surface area is 98.1 Å². The lowest BCUT2D eigenvalue weighted by atomic mass is 10.2. The lowest BCUT2D eigenvalue weighted by Crippen LogP contribution is -2.29. The van der Waals surface area contributed by atoms with Crippen molar-refractivity contribution in [1.82, 2.24) is 5.32 Å². The molecule has 0 spiro atoms. The second-order valence-electron chi connectivity index (χ2n) is 3.96. The van der Waals surface area contributed by atoms with Gasteiger partial charge in [-0.05, 0) is 12.8 Å². The molecule has 2 fully saturated rings. The second-order valence-corrected chi connectivity index (χ2v) is 6.67. The van der Waals surface area contributed by atoms with Crippen molar-refractivity contribution in [2.24, 2.45) is 0 Å². The normalized spacial score (nSPS) is 31.5. The van der Waals surface area contributed by atoms with E-state index in [1.54, 1.807) is 0 Å². The largest absolute Gasteiger partial charge is 0.315 e. The minimum atomic E-state index is 0.326. The van der Waals surface area contributed by atoms with Crippen LogP contribution in [0, 0.1) is 0 Å². The third-order valence-electron chi connectivity index (χ3n) is 2.68. The van der Waals surface area contributed by atoms with Crippen LogP contribution in [-0.2, 0) is 9.59 Å². The van der Waals surface area contributed by atoms with Crippen LogP contribution in [0.1, 0.15) is 25.7 Å². The van der Waals surface area contributed by atoms with E-state index in [0.29, 0.717) is 20.7 Å².